The second-order valence-corrected chi connectivity index (χ2v) is 4.46. The summed E-state index contributed by atoms with van der Waals surface area (Å²) in [6, 6.07) is 4.63. The van der Waals surface area contributed by atoms with E-state index in [-0.39, 0.29) is 0 Å². The van der Waals surface area contributed by atoms with Gasteiger partial charge in [0.2, 0.25) is 5.95 Å². The fourth-order valence-corrected chi connectivity index (χ4v) is 2.01. The van der Waals surface area contributed by atoms with Gasteiger partial charge in [-0.25, -0.2) is 9.37 Å². The maximum absolute atomic E-state index is 14.2. The molecule has 3 nitrogen and oxygen atoms in total. The van der Waals surface area contributed by atoms with Crippen molar-refractivity contribution in [3.05, 3.63) is 29.8 Å². The number of rotatable bonds is 4. The Bertz CT molecular complexity index is 365. The van der Waals surface area contributed by atoms with Gasteiger partial charge in [-0.05, 0) is 38.1 Å². The number of alkyl halides is 1. The highest BCUT2D eigenvalue weighted by molar-refractivity contribution is 5.04. The molecule has 1 aromatic heterocycles. The van der Waals surface area contributed by atoms with Gasteiger partial charge in [0.25, 0.3) is 0 Å². The molecule has 0 aromatic carbocycles. The fraction of sp³-hybridized carbons (Fsp3) is 0.583. The lowest BCUT2D eigenvalue weighted by atomic mass is 9.94. The molecule has 94 valence electrons. The molecule has 2 heterocycles. The van der Waals surface area contributed by atoms with Crippen LogP contribution in [0.4, 0.5) is 8.78 Å². The van der Waals surface area contributed by atoms with Crippen LogP contribution < -0.4 is 10.6 Å². The van der Waals surface area contributed by atoms with Crippen LogP contribution >= 0.6 is 0 Å². The first-order valence-corrected chi connectivity index (χ1v) is 5.90. The van der Waals surface area contributed by atoms with E-state index in [1.165, 1.54) is 6.07 Å². The Kier molecular flexibility index (Phi) is 4.02. The van der Waals surface area contributed by atoms with E-state index in [0.717, 1.165) is 13.1 Å². The number of pyridine rings is 1. The Balaban J connectivity index is 1.79. The van der Waals surface area contributed by atoms with Crippen molar-refractivity contribution < 1.29 is 8.78 Å². The minimum Gasteiger partial charge on any atom is -0.316 e. The summed E-state index contributed by atoms with van der Waals surface area (Å²) in [5.74, 6) is -0.499. The summed E-state index contributed by atoms with van der Waals surface area (Å²) in [4.78, 5) is 3.71. The summed E-state index contributed by atoms with van der Waals surface area (Å²) in [5, 5.41) is 6.13. The Morgan fingerprint density at radius 2 is 2.12 bits per heavy atom. The zero-order chi connectivity index (χ0) is 12.1. The highest BCUT2D eigenvalue weighted by atomic mass is 19.1. The molecule has 0 saturated carbocycles. The van der Waals surface area contributed by atoms with Gasteiger partial charge in [0.15, 0.2) is 0 Å². The number of piperidine rings is 1. The van der Waals surface area contributed by atoms with Crippen LogP contribution in [-0.4, -0.2) is 30.3 Å². The molecule has 1 saturated heterocycles. The van der Waals surface area contributed by atoms with Gasteiger partial charge in [0, 0.05) is 13.1 Å². The van der Waals surface area contributed by atoms with E-state index in [2.05, 4.69) is 15.6 Å². The van der Waals surface area contributed by atoms with Crippen molar-refractivity contribution in [2.24, 2.45) is 0 Å². The predicted octanol–water partition coefficient (Wildman–Crippen LogP) is 1.40. The monoisotopic (exact) mass is 241 g/mol. The molecule has 1 fully saturated rings. The first-order valence-electron chi connectivity index (χ1n) is 5.90. The van der Waals surface area contributed by atoms with Crippen molar-refractivity contribution >= 4 is 0 Å². The SMILES string of the molecule is Fc1cccc(CNCC2(F)CCNCC2)n1. The highest BCUT2D eigenvalue weighted by Gasteiger charge is 2.30. The Morgan fingerprint density at radius 1 is 1.35 bits per heavy atom. The number of hydrogen-bond donors (Lipinski definition) is 2. The summed E-state index contributed by atoms with van der Waals surface area (Å²) < 4.78 is 27.0. The largest absolute Gasteiger partial charge is 0.316 e. The number of hydrogen-bond acceptors (Lipinski definition) is 3. The fourth-order valence-electron chi connectivity index (χ4n) is 2.01. The van der Waals surface area contributed by atoms with E-state index in [4.69, 9.17) is 0 Å². The average Bonchev–Trinajstić information content (AvgIpc) is 2.30. The molecule has 0 unspecified atom stereocenters. The number of nitrogens with one attached hydrogen (secondary N) is 2. The lowest BCUT2D eigenvalue weighted by Crippen LogP contribution is -2.45. The molecule has 17 heavy (non-hydrogen) atoms. The van der Waals surface area contributed by atoms with Gasteiger partial charge >= 0.3 is 0 Å². The van der Waals surface area contributed by atoms with Crippen LogP contribution in [0.25, 0.3) is 0 Å². The first kappa shape index (κ1) is 12.4. The Labute approximate surface area is 99.6 Å². The topological polar surface area (TPSA) is 37.0 Å². The van der Waals surface area contributed by atoms with E-state index in [0.29, 0.717) is 31.6 Å². The molecule has 1 aliphatic heterocycles. The first-order chi connectivity index (χ1) is 8.18. The number of halogens is 2. The van der Waals surface area contributed by atoms with E-state index in [9.17, 15) is 8.78 Å². The van der Waals surface area contributed by atoms with Crippen molar-refractivity contribution in [1.29, 1.82) is 0 Å². The van der Waals surface area contributed by atoms with Gasteiger partial charge in [-0.15, -0.1) is 0 Å². The van der Waals surface area contributed by atoms with Gasteiger partial charge < -0.3 is 10.6 Å². The third-order valence-corrected chi connectivity index (χ3v) is 3.02. The predicted molar refractivity (Wildman–Crippen MR) is 61.8 cm³/mol. The second kappa shape index (κ2) is 5.51. The van der Waals surface area contributed by atoms with Crippen LogP contribution in [0.3, 0.4) is 0 Å². The van der Waals surface area contributed by atoms with E-state index >= 15 is 0 Å². The van der Waals surface area contributed by atoms with Crippen molar-refractivity contribution in [2.45, 2.75) is 25.1 Å². The van der Waals surface area contributed by atoms with Gasteiger partial charge in [-0.2, -0.15) is 4.39 Å². The summed E-state index contributed by atoms with van der Waals surface area (Å²) in [6.45, 7) is 2.14. The van der Waals surface area contributed by atoms with E-state index in [1.807, 2.05) is 0 Å². The van der Waals surface area contributed by atoms with Crippen LogP contribution in [0.15, 0.2) is 18.2 Å². The summed E-state index contributed by atoms with van der Waals surface area (Å²) in [7, 11) is 0. The molecule has 2 rings (SSSR count). The Morgan fingerprint density at radius 3 is 2.82 bits per heavy atom. The molecule has 0 amide bonds. The molecular weight excluding hydrogens is 224 g/mol. The third kappa shape index (κ3) is 3.71. The molecule has 0 atom stereocenters. The van der Waals surface area contributed by atoms with Crippen molar-refractivity contribution in [3.63, 3.8) is 0 Å². The van der Waals surface area contributed by atoms with Crippen LogP contribution in [0.5, 0.6) is 0 Å². The second-order valence-electron chi connectivity index (χ2n) is 4.46. The van der Waals surface area contributed by atoms with E-state index < -0.39 is 11.6 Å². The lowest BCUT2D eigenvalue weighted by Gasteiger charge is -2.30. The molecule has 0 radical (unpaired) electrons. The van der Waals surface area contributed by atoms with Crippen LogP contribution in [0, 0.1) is 5.95 Å². The molecule has 0 spiro atoms. The minimum atomic E-state index is -1.14. The standard InChI is InChI=1S/C12H17F2N3/c13-11-3-1-2-10(17-11)8-16-9-12(14)4-6-15-7-5-12/h1-3,15-16H,4-9H2. The van der Waals surface area contributed by atoms with Crippen molar-refractivity contribution in [1.82, 2.24) is 15.6 Å². The quantitative estimate of drug-likeness (QED) is 0.782. The molecule has 0 aliphatic carbocycles. The molecule has 0 bridgehead atoms. The van der Waals surface area contributed by atoms with E-state index in [1.54, 1.807) is 12.1 Å². The smallest absolute Gasteiger partial charge is 0.213 e. The van der Waals surface area contributed by atoms with Crippen molar-refractivity contribution in [3.8, 4) is 0 Å². The van der Waals surface area contributed by atoms with Gasteiger partial charge in [0.05, 0.1) is 5.69 Å². The van der Waals surface area contributed by atoms with Gasteiger partial charge in [-0.3, -0.25) is 0 Å². The normalized spacial score (nSPS) is 19.2. The maximum Gasteiger partial charge on any atom is 0.213 e. The van der Waals surface area contributed by atoms with Crippen molar-refractivity contribution in [2.75, 3.05) is 19.6 Å². The Hall–Kier alpha value is -1.07. The summed E-state index contributed by atoms with van der Waals surface area (Å²) >= 11 is 0. The maximum atomic E-state index is 14.2. The molecule has 5 heteroatoms. The number of aromatic nitrogens is 1. The average molecular weight is 241 g/mol. The zero-order valence-electron chi connectivity index (χ0n) is 9.68. The lowest BCUT2D eigenvalue weighted by molar-refractivity contribution is 0.113. The van der Waals surface area contributed by atoms with Crippen LogP contribution in [0.1, 0.15) is 18.5 Å². The summed E-state index contributed by atoms with van der Waals surface area (Å²) in [5.41, 5.74) is -0.541. The van der Waals surface area contributed by atoms with Gasteiger partial charge in [-0.1, -0.05) is 6.07 Å². The minimum absolute atomic E-state index is 0.298. The van der Waals surface area contributed by atoms with Gasteiger partial charge in [0.1, 0.15) is 5.67 Å². The van der Waals surface area contributed by atoms with Crippen LogP contribution in [0.2, 0.25) is 0 Å². The van der Waals surface area contributed by atoms with Crippen LogP contribution in [-0.2, 0) is 6.54 Å². The molecule has 1 aliphatic rings. The number of nitrogens with zero attached hydrogens (tertiary/aromatic N) is 1. The highest BCUT2D eigenvalue weighted by Crippen LogP contribution is 2.21. The molecule has 1 aromatic rings. The zero-order valence-corrected chi connectivity index (χ0v) is 9.68. The third-order valence-electron chi connectivity index (χ3n) is 3.02. The summed E-state index contributed by atoms with van der Waals surface area (Å²) in [6.07, 6.45) is 1.05. The molecule has 2 N–H and O–H groups in total. The molecular formula is C12H17F2N3.